The second-order valence-corrected chi connectivity index (χ2v) is 3.93. The molecule has 0 spiro atoms. The molecule has 86 valence electrons. The number of carbonyl (C=O) groups excluding carboxylic acids is 1. The lowest BCUT2D eigenvalue weighted by atomic mass is 10.0. The molecule has 1 atom stereocenters. The van der Waals surface area contributed by atoms with Crippen molar-refractivity contribution >= 4 is 5.97 Å². The second-order valence-electron chi connectivity index (χ2n) is 3.93. The van der Waals surface area contributed by atoms with Crippen LogP contribution in [0.4, 0.5) is 0 Å². The number of cyclic esters (lactones) is 1. The van der Waals surface area contributed by atoms with E-state index in [-0.39, 0.29) is 12.1 Å². The summed E-state index contributed by atoms with van der Waals surface area (Å²) < 4.78 is 10.3. The highest BCUT2D eigenvalue weighted by Gasteiger charge is 2.21. The summed E-state index contributed by atoms with van der Waals surface area (Å²) in [5.41, 5.74) is 0. The van der Waals surface area contributed by atoms with Crippen LogP contribution >= 0.6 is 0 Å². The Morgan fingerprint density at radius 2 is 2.27 bits per heavy atom. The standard InChI is InChI=1S/C12H20O3/c1-3-4-5-6-7-10-8-11(14-2)9-12(13)15-10/h9-10H,3-8H2,1-2H3. The number of hydrogen-bond acceptors (Lipinski definition) is 3. The molecule has 3 nitrogen and oxygen atoms in total. The maximum absolute atomic E-state index is 11.2. The van der Waals surface area contributed by atoms with E-state index in [1.54, 1.807) is 7.11 Å². The molecular weight excluding hydrogens is 192 g/mol. The minimum atomic E-state index is -0.265. The Morgan fingerprint density at radius 1 is 1.47 bits per heavy atom. The van der Waals surface area contributed by atoms with E-state index in [1.165, 1.54) is 25.3 Å². The fourth-order valence-electron chi connectivity index (χ4n) is 1.76. The van der Waals surface area contributed by atoms with Gasteiger partial charge in [0.1, 0.15) is 11.9 Å². The van der Waals surface area contributed by atoms with Crippen LogP contribution in [0.5, 0.6) is 0 Å². The van der Waals surface area contributed by atoms with Crippen molar-refractivity contribution in [2.24, 2.45) is 0 Å². The zero-order valence-corrected chi connectivity index (χ0v) is 9.62. The van der Waals surface area contributed by atoms with Crippen molar-refractivity contribution < 1.29 is 14.3 Å². The van der Waals surface area contributed by atoms with Crippen LogP contribution in [0.25, 0.3) is 0 Å². The first-order valence-corrected chi connectivity index (χ1v) is 5.71. The van der Waals surface area contributed by atoms with E-state index in [0.717, 1.165) is 25.0 Å². The maximum Gasteiger partial charge on any atom is 0.334 e. The molecule has 0 N–H and O–H groups in total. The van der Waals surface area contributed by atoms with Gasteiger partial charge in [0.25, 0.3) is 0 Å². The summed E-state index contributed by atoms with van der Waals surface area (Å²) in [5.74, 6) is 0.477. The van der Waals surface area contributed by atoms with Gasteiger partial charge in [-0.25, -0.2) is 4.79 Å². The van der Waals surface area contributed by atoms with Crippen LogP contribution in [0.1, 0.15) is 45.4 Å². The van der Waals surface area contributed by atoms with Crippen LogP contribution in [0.3, 0.4) is 0 Å². The lowest BCUT2D eigenvalue weighted by Gasteiger charge is -2.22. The summed E-state index contributed by atoms with van der Waals surface area (Å²) in [4.78, 5) is 11.2. The molecule has 15 heavy (non-hydrogen) atoms. The second kappa shape index (κ2) is 6.49. The zero-order valence-electron chi connectivity index (χ0n) is 9.62. The molecule has 1 rings (SSSR count). The van der Waals surface area contributed by atoms with E-state index in [4.69, 9.17) is 9.47 Å². The zero-order chi connectivity index (χ0) is 11.1. The number of hydrogen-bond donors (Lipinski definition) is 0. The number of unbranched alkanes of at least 4 members (excludes halogenated alkanes) is 3. The molecule has 0 amide bonds. The molecular formula is C12H20O3. The van der Waals surface area contributed by atoms with Gasteiger partial charge in [0.15, 0.2) is 0 Å². The van der Waals surface area contributed by atoms with Gasteiger partial charge in [0.05, 0.1) is 13.2 Å². The van der Waals surface area contributed by atoms with Crippen LogP contribution < -0.4 is 0 Å². The van der Waals surface area contributed by atoms with Gasteiger partial charge in [-0.15, -0.1) is 0 Å². The van der Waals surface area contributed by atoms with Gasteiger partial charge in [-0.05, 0) is 12.8 Å². The monoisotopic (exact) mass is 212 g/mol. The Labute approximate surface area is 91.4 Å². The molecule has 0 aromatic heterocycles. The third-order valence-electron chi connectivity index (χ3n) is 2.63. The van der Waals surface area contributed by atoms with Gasteiger partial charge in [0, 0.05) is 6.42 Å². The lowest BCUT2D eigenvalue weighted by Crippen LogP contribution is -2.23. The smallest absolute Gasteiger partial charge is 0.334 e. The normalized spacial score (nSPS) is 20.8. The Morgan fingerprint density at radius 3 is 2.93 bits per heavy atom. The molecule has 0 aromatic carbocycles. The highest BCUT2D eigenvalue weighted by Crippen LogP contribution is 2.20. The van der Waals surface area contributed by atoms with Gasteiger partial charge in [-0.1, -0.05) is 26.2 Å². The molecule has 1 unspecified atom stereocenters. The van der Waals surface area contributed by atoms with E-state index in [9.17, 15) is 4.79 Å². The third kappa shape index (κ3) is 4.36. The molecule has 0 saturated carbocycles. The minimum Gasteiger partial charge on any atom is -0.501 e. The predicted octanol–water partition coefficient (Wildman–Crippen LogP) is 2.80. The summed E-state index contributed by atoms with van der Waals surface area (Å²) in [6, 6.07) is 0. The molecule has 1 heterocycles. The van der Waals surface area contributed by atoms with E-state index >= 15 is 0 Å². The molecule has 0 aliphatic carbocycles. The number of rotatable bonds is 6. The Kier molecular flexibility index (Phi) is 5.22. The molecule has 0 aromatic rings. The molecule has 3 heteroatoms. The average Bonchev–Trinajstić information content (AvgIpc) is 2.23. The van der Waals surface area contributed by atoms with Crippen LogP contribution in [-0.2, 0) is 14.3 Å². The first-order chi connectivity index (χ1) is 7.26. The summed E-state index contributed by atoms with van der Waals surface area (Å²) in [7, 11) is 1.60. The number of esters is 1. The molecule has 0 bridgehead atoms. The van der Waals surface area contributed by atoms with Crippen LogP contribution in [-0.4, -0.2) is 19.2 Å². The Hall–Kier alpha value is -0.990. The SMILES string of the molecule is CCCCCCC1CC(OC)=CC(=O)O1. The fourth-order valence-corrected chi connectivity index (χ4v) is 1.76. The molecule has 0 radical (unpaired) electrons. The minimum absolute atomic E-state index is 0.0225. The topological polar surface area (TPSA) is 35.5 Å². The fraction of sp³-hybridized carbons (Fsp3) is 0.750. The van der Waals surface area contributed by atoms with Gasteiger partial charge in [-0.2, -0.15) is 0 Å². The first kappa shape index (κ1) is 12.1. The number of methoxy groups -OCH3 is 1. The van der Waals surface area contributed by atoms with E-state index in [0.29, 0.717) is 0 Å². The van der Waals surface area contributed by atoms with Crippen molar-refractivity contribution in [1.29, 1.82) is 0 Å². The van der Waals surface area contributed by atoms with Crippen molar-refractivity contribution in [3.8, 4) is 0 Å². The largest absolute Gasteiger partial charge is 0.501 e. The third-order valence-corrected chi connectivity index (χ3v) is 2.63. The van der Waals surface area contributed by atoms with Crippen molar-refractivity contribution in [2.45, 2.75) is 51.6 Å². The maximum atomic E-state index is 11.2. The Balaban J connectivity index is 2.26. The highest BCUT2D eigenvalue weighted by molar-refractivity contribution is 5.83. The van der Waals surface area contributed by atoms with Crippen molar-refractivity contribution in [3.63, 3.8) is 0 Å². The summed E-state index contributed by atoms with van der Waals surface area (Å²) in [5, 5.41) is 0. The highest BCUT2D eigenvalue weighted by atomic mass is 16.5. The van der Waals surface area contributed by atoms with Gasteiger partial charge >= 0.3 is 5.97 Å². The van der Waals surface area contributed by atoms with Crippen LogP contribution in [0, 0.1) is 0 Å². The first-order valence-electron chi connectivity index (χ1n) is 5.71. The average molecular weight is 212 g/mol. The van der Waals surface area contributed by atoms with Crippen molar-refractivity contribution in [1.82, 2.24) is 0 Å². The molecule has 0 fully saturated rings. The van der Waals surface area contributed by atoms with Crippen LogP contribution in [0.15, 0.2) is 11.8 Å². The van der Waals surface area contributed by atoms with Gasteiger partial charge < -0.3 is 9.47 Å². The summed E-state index contributed by atoms with van der Waals surface area (Å²) in [6.07, 6.45) is 7.97. The number of ether oxygens (including phenoxy) is 2. The Bertz CT molecular complexity index is 233. The van der Waals surface area contributed by atoms with E-state index in [1.807, 2.05) is 0 Å². The predicted molar refractivity (Wildman–Crippen MR) is 58.3 cm³/mol. The summed E-state index contributed by atoms with van der Waals surface area (Å²) in [6.45, 7) is 2.19. The van der Waals surface area contributed by atoms with E-state index in [2.05, 4.69) is 6.92 Å². The number of carbonyl (C=O) groups is 1. The van der Waals surface area contributed by atoms with Crippen molar-refractivity contribution in [3.05, 3.63) is 11.8 Å². The lowest BCUT2D eigenvalue weighted by molar-refractivity contribution is -0.145. The quantitative estimate of drug-likeness (QED) is 0.501. The van der Waals surface area contributed by atoms with Gasteiger partial charge in [-0.3, -0.25) is 0 Å². The van der Waals surface area contributed by atoms with Crippen molar-refractivity contribution in [2.75, 3.05) is 7.11 Å². The molecule has 1 aliphatic rings. The van der Waals surface area contributed by atoms with Crippen LogP contribution in [0.2, 0.25) is 0 Å². The van der Waals surface area contributed by atoms with E-state index < -0.39 is 0 Å². The molecule has 1 aliphatic heterocycles. The molecule has 0 saturated heterocycles. The van der Waals surface area contributed by atoms with Gasteiger partial charge in [0.2, 0.25) is 0 Å². The summed E-state index contributed by atoms with van der Waals surface area (Å²) >= 11 is 0.